The molecule has 0 saturated heterocycles. The summed E-state index contributed by atoms with van der Waals surface area (Å²) in [5, 5.41) is 14.3. The summed E-state index contributed by atoms with van der Waals surface area (Å²) in [5.41, 5.74) is 0.228. The number of halogens is 3. The van der Waals surface area contributed by atoms with Crippen LogP contribution in [-0.2, 0) is 33.4 Å². The monoisotopic (exact) mass is 422 g/mol. The maximum Gasteiger partial charge on any atom is 0.416 e. The summed E-state index contributed by atoms with van der Waals surface area (Å²) in [6, 6.07) is 10.5. The first-order valence-corrected chi connectivity index (χ1v) is 9.06. The minimum absolute atomic E-state index is 0.152. The molecule has 0 saturated carbocycles. The molecule has 30 heavy (non-hydrogen) atoms. The van der Waals surface area contributed by atoms with E-state index >= 15 is 0 Å². The van der Waals surface area contributed by atoms with Crippen LogP contribution in [0.1, 0.15) is 23.6 Å². The van der Waals surface area contributed by atoms with Gasteiger partial charge in [0.05, 0.1) is 5.56 Å². The third-order valence-corrected chi connectivity index (χ3v) is 4.31. The van der Waals surface area contributed by atoms with Crippen LogP contribution in [0.5, 0.6) is 0 Å². The predicted molar refractivity (Wildman–Crippen MR) is 102 cm³/mol. The van der Waals surface area contributed by atoms with E-state index < -0.39 is 41.6 Å². The Labute approximate surface area is 171 Å². The second-order valence-electron chi connectivity index (χ2n) is 6.74. The van der Waals surface area contributed by atoms with Gasteiger partial charge in [-0.2, -0.15) is 13.2 Å². The third-order valence-electron chi connectivity index (χ3n) is 4.31. The summed E-state index contributed by atoms with van der Waals surface area (Å²) in [4.78, 5) is 35.7. The van der Waals surface area contributed by atoms with E-state index in [1.165, 1.54) is 19.1 Å². The minimum atomic E-state index is -4.50. The predicted octanol–water partition coefficient (Wildman–Crippen LogP) is 2.56. The van der Waals surface area contributed by atoms with Gasteiger partial charge < -0.3 is 15.7 Å². The number of rotatable bonds is 8. The van der Waals surface area contributed by atoms with E-state index in [0.717, 1.165) is 17.7 Å². The maximum absolute atomic E-state index is 12.7. The van der Waals surface area contributed by atoms with Crippen molar-refractivity contribution in [2.45, 2.75) is 38.0 Å². The van der Waals surface area contributed by atoms with E-state index in [-0.39, 0.29) is 12.8 Å². The molecular formula is C21H21F3N2O4. The molecule has 0 spiro atoms. The summed E-state index contributed by atoms with van der Waals surface area (Å²) in [5.74, 6) is -2.50. The van der Waals surface area contributed by atoms with Crippen molar-refractivity contribution in [2.75, 3.05) is 0 Å². The number of nitrogens with one attached hydrogen (secondary N) is 2. The number of carboxylic acid groups (broad SMARTS) is 1. The Hall–Kier alpha value is -3.36. The van der Waals surface area contributed by atoms with Gasteiger partial charge in [-0.15, -0.1) is 0 Å². The topological polar surface area (TPSA) is 95.5 Å². The number of carbonyl (C=O) groups is 3. The Kier molecular flexibility index (Phi) is 7.57. The standard InChI is InChI=1S/C21H21F3N2O4/c1-13(27)25-17(11-14-5-3-2-4-6-14)19(28)26-18(20(29)30)12-15-7-9-16(10-8-15)21(22,23)24/h2-10,17-18H,11-12H2,1H3,(H,25,27)(H,26,28)(H,29,30)/t17-,18-/m0/s1. The van der Waals surface area contributed by atoms with Crippen LogP contribution in [0.4, 0.5) is 13.2 Å². The third kappa shape index (κ3) is 6.91. The average molecular weight is 422 g/mol. The Morgan fingerprint density at radius 2 is 1.40 bits per heavy atom. The molecule has 0 radical (unpaired) electrons. The first kappa shape index (κ1) is 22.9. The molecule has 2 aromatic carbocycles. The number of benzene rings is 2. The number of amides is 2. The van der Waals surface area contributed by atoms with Gasteiger partial charge in [0.25, 0.3) is 0 Å². The van der Waals surface area contributed by atoms with Crippen LogP contribution in [0, 0.1) is 0 Å². The molecule has 0 heterocycles. The first-order valence-electron chi connectivity index (χ1n) is 9.06. The zero-order valence-corrected chi connectivity index (χ0v) is 16.1. The van der Waals surface area contributed by atoms with Crippen LogP contribution in [0.3, 0.4) is 0 Å². The smallest absolute Gasteiger partial charge is 0.416 e. The second-order valence-corrected chi connectivity index (χ2v) is 6.74. The minimum Gasteiger partial charge on any atom is -0.480 e. The molecule has 2 atom stereocenters. The van der Waals surface area contributed by atoms with Gasteiger partial charge in [-0.25, -0.2) is 4.79 Å². The van der Waals surface area contributed by atoms with Crippen molar-refractivity contribution in [1.29, 1.82) is 0 Å². The van der Waals surface area contributed by atoms with Gasteiger partial charge in [0.1, 0.15) is 12.1 Å². The van der Waals surface area contributed by atoms with Crippen molar-refractivity contribution in [3.8, 4) is 0 Å². The molecule has 2 aromatic rings. The van der Waals surface area contributed by atoms with Crippen LogP contribution >= 0.6 is 0 Å². The Bertz CT molecular complexity index is 883. The van der Waals surface area contributed by atoms with Crippen molar-refractivity contribution in [2.24, 2.45) is 0 Å². The number of carbonyl (C=O) groups excluding carboxylic acids is 2. The van der Waals surface area contributed by atoms with Gasteiger partial charge >= 0.3 is 12.1 Å². The number of hydrogen-bond donors (Lipinski definition) is 3. The molecule has 0 aliphatic carbocycles. The maximum atomic E-state index is 12.7. The molecule has 0 fully saturated rings. The molecule has 0 aliphatic rings. The molecule has 0 unspecified atom stereocenters. The van der Waals surface area contributed by atoms with Crippen molar-refractivity contribution in [3.05, 3.63) is 71.3 Å². The molecule has 0 aromatic heterocycles. The van der Waals surface area contributed by atoms with Crippen LogP contribution in [0.25, 0.3) is 0 Å². The van der Waals surface area contributed by atoms with Gasteiger partial charge in [0.15, 0.2) is 0 Å². The van der Waals surface area contributed by atoms with Gasteiger partial charge in [-0.3, -0.25) is 9.59 Å². The van der Waals surface area contributed by atoms with Gasteiger partial charge in [-0.05, 0) is 23.3 Å². The van der Waals surface area contributed by atoms with E-state index in [2.05, 4.69) is 10.6 Å². The SMILES string of the molecule is CC(=O)N[C@@H](Cc1ccccc1)C(=O)N[C@@H](Cc1ccc(C(F)(F)F)cc1)C(=O)O. The lowest BCUT2D eigenvalue weighted by atomic mass is 10.0. The lowest BCUT2D eigenvalue weighted by molar-refractivity contribution is -0.142. The van der Waals surface area contributed by atoms with E-state index in [0.29, 0.717) is 5.56 Å². The van der Waals surface area contributed by atoms with E-state index in [1.807, 2.05) is 0 Å². The number of hydrogen-bond acceptors (Lipinski definition) is 3. The Morgan fingerprint density at radius 3 is 1.90 bits per heavy atom. The molecule has 2 rings (SSSR count). The molecule has 0 aliphatic heterocycles. The molecular weight excluding hydrogens is 401 g/mol. The zero-order valence-electron chi connectivity index (χ0n) is 16.1. The van der Waals surface area contributed by atoms with Gasteiger partial charge in [0.2, 0.25) is 11.8 Å². The number of carboxylic acids is 1. The molecule has 0 bridgehead atoms. The largest absolute Gasteiger partial charge is 0.480 e. The highest BCUT2D eigenvalue weighted by atomic mass is 19.4. The molecule has 9 heteroatoms. The van der Waals surface area contributed by atoms with E-state index in [1.54, 1.807) is 30.3 Å². The second kappa shape index (κ2) is 9.91. The number of alkyl halides is 3. The summed E-state index contributed by atoms with van der Waals surface area (Å²) in [7, 11) is 0. The van der Waals surface area contributed by atoms with Crippen molar-refractivity contribution in [3.63, 3.8) is 0 Å². The van der Waals surface area contributed by atoms with Crippen LogP contribution in [0.15, 0.2) is 54.6 Å². The van der Waals surface area contributed by atoms with Gasteiger partial charge in [0, 0.05) is 19.8 Å². The van der Waals surface area contributed by atoms with E-state index in [9.17, 15) is 32.7 Å². The highest BCUT2D eigenvalue weighted by molar-refractivity contribution is 5.90. The van der Waals surface area contributed by atoms with Gasteiger partial charge in [-0.1, -0.05) is 42.5 Å². The fourth-order valence-electron chi connectivity index (χ4n) is 2.84. The summed E-state index contributed by atoms with van der Waals surface area (Å²) in [6.07, 6.45) is -4.56. The summed E-state index contributed by atoms with van der Waals surface area (Å²) < 4.78 is 38.0. The first-order chi connectivity index (χ1) is 14.1. The Balaban J connectivity index is 2.11. The highest BCUT2D eigenvalue weighted by Crippen LogP contribution is 2.29. The average Bonchev–Trinajstić information content (AvgIpc) is 2.67. The Morgan fingerprint density at radius 1 is 0.867 bits per heavy atom. The van der Waals surface area contributed by atoms with Crippen molar-refractivity contribution >= 4 is 17.8 Å². The van der Waals surface area contributed by atoms with Crippen LogP contribution < -0.4 is 10.6 Å². The number of aliphatic carboxylic acids is 1. The fraction of sp³-hybridized carbons (Fsp3) is 0.286. The lowest BCUT2D eigenvalue weighted by Crippen LogP contribution is -2.52. The highest BCUT2D eigenvalue weighted by Gasteiger charge is 2.30. The lowest BCUT2D eigenvalue weighted by Gasteiger charge is -2.21. The molecule has 160 valence electrons. The summed E-state index contributed by atoms with van der Waals surface area (Å²) in [6.45, 7) is 1.24. The normalized spacial score (nSPS) is 13.2. The summed E-state index contributed by atoms with van der Waals surface area (Å²) >= 11 is 0. The molecule has 6 nitrogen and oxygen atoms in total. The van der Waals surface area contributed by atoms with Crippen LogP contribution in [-0.4, -0.2) is 35.0 Å². The van der Waals surface area contributed by atoms with E-state index in [4.69, 9.17) is 0 Å². The fourth-order valence-corrected chi connectivity index (χ4v) is 2.84. The zero-order chi connectivity index (χ0) is 22.3. The van der Waals surface area contributed by atoms with Crippen molar-refractivity contribution < 1.29 is 32.7 Å². The van der Waals surface area contributed by atoms with Crippen LogP contribution in [0.2, 0.25) is 0 Å². The molecule has 2 amide bonds. The van der Waals surface area contributed by atoms with Crippen molar-refractivity contribution in [1.82, 2.24) is 10.6 Å². The quantitative estimate of drug-likeness (QED) is 0.609. The molecule has 3 N–H and O–H groups in total.